The van der Waals surface area contributed by atoms with Gasteiger partial charge < -0.3 is 24.9 Å². The fraction of sp³-hybridized carbons (Fsp3) is 0.240. The Labute approximate surface area is 214 Å². The second kappa shape index (κ2) is 10.4. The Kier molecular flexibility index (Phi) is 7.19. The number of hydrogen-bond acceptors (Lipinski definition) is 6. The molecule has 0 aliphatic heterocycles. The summed E-state index contributed by atoms with van der Waals surface area (Å²) < 4.78 is 47.3. The van der Waals surface area contributed by atoms with Crippen LogP contribution in [0.4, 0.5) is 29.3 Å². The van der Waals surface area contributed by atoms with Crippen molar-refractivity contribution in [3.05, 3.63) is 76.0 Å². The standard InChI is InChI=1S/C25H24F3N7O3/c1-5-38-20-6-16(10-29-23(20)36)22-31-14(3)21(15(4)32-22)34-24(37)33-18-7-17(25(26,27)28)8-19(9-18)35-11-13(2)30-12-35/h6-12H,5H2,1-4H3,(H,29,36)(H2,33,34,37). The van der Waals surface area contributed by atoms with Gasteiger partial charge in [-0.25, -0.2) is 19.7 Å². The topological polar surface area (TPSA) is 127 Å². The first-order valence-corrected chi connectivity index (χ1v) is 11.5. The first-order valence-electron chi connectivity index (χ1n) is 11.5. The number of ether oxygens (including phenoxy) is 1. The normalized spacial score (nSPS) is 11.3. The third-order valence-corrected chi connectivity index (χ3v) is 5.45. The molecule has 3 heterocycles. The Morgan fingerprint density at radius 1 is 1.08 bits per heavy atom. The van der Waals surface area contributed by atoms with Gasteiger partial charge in [-0.05, 0) is 52.0 Å². The summed E-state index contributed by atoms with van der Waals surface area (Å²) in [4.78, 5) is 40.1. The number of rotatable bonds is 6. The summed E-state index contributed by atoms with van der Waals surface area (Å²) in [6.07, 6.45) is -0.213. The summed E-state index contributed by atoms with van der Waals surface area (Å²) in [6, 6.07) is 3.96. The minimum atomic E-state index is -4.63. The number of anilines is 2. The third-order valence-electron chi connectivity index (χ3n) is 5.45. The second-order valence-electron chi connectivity index (χ2n) is 8.38. The number of hydrogen-bond donors (Lipinski definition) is 3. The maximum absolute atomic E-state index is 13.5. The van der Waals surface area contributed by atoms with E-state index < -0.39 is 17.8 Å². The highest BCUT2D eigenvalue weighted by molar-refractivity contribution is 6.00. The van der Waals surface area contributed by atoms with Gasteiger partial charge in [0.15, 0.2) is 11.6 Å². The van der Waals surface area contributed by atoms with Crippen LogP contribution in [0.2, 0.25) is 0 Å². The van der Waals surface area contributed by atoms with E-state index in [0.717, 1.165) is 12.1 Å². The van der Waals surface area contributed by atoms with Crippen molar-refractivity contribution in [2.75, 3.05) is 17.2 Å². The quantitative estimate of drug-likeness (QED) is 0.324. The molecular weight excluding hydrogens is 503 g/mol. The molecule has 3 N–H and O–H groups in total. The van der Waals surface area contributed by atoms with Crippen molar-refractivity contribution < 1.29 is 22.7 Å². The zero-order chi connectivity index (χ0) is 27.6. The molecule has 1 aromatic carbocycles. The second-order valence-corrected chi connectivity index (χ2v) is 8.38. The molecule has 0 saturated carbocycles. The van der Waals surface area contributed by atoms with Gasteiger partial charge in [0.1, 0.15) is 0 Å². The predicted molar refractivity (Wildman–Crippen MR) is 135 cm³/mol. The molecule has 4 aromatic rings. The Morgan fingerprint density at radius 3 is 2.39 bits per heavy atom. The number of carbonyl (C=O) groups excluding carboxylic acids is 1. The van der Waals surface area contributed by atoms with E-state index >= 15 is 0 Å². The van der Waals surface area contributed by atoms with Crippen LogP contribution < -0.4 is 20.9 Å². The van der Waals surface area contributed by atoms with Gasteiger partial charge in [-0.15, -0.1) is 0 Å². The summed E-state index contributed by atoms with van der Waals surface area (Å²) in [6.45, 7) is 7.06. The number of imidazole rings is 1. The number of amides is 2. The first-order chi connectivity index (χ1) is 17.9. The van der Waals surface area contributed by atoms with Crippen molar-refractivity contribution in [2.45, 2.75) is 33.9 Å². The van der Waals surface area contributed by atoms with Gasteiger partial charge in [-0.1, -0.05) is 0 Å². The van der Waals surface area contributed by atoms with Crippen LogP contribution in [0.25, 0.3) is 17.1 Å². The van der Waals surface area contributed by atoms with Crippen molar-refractivity contribution in [3.63, 3.8) is 0 Å². The number of aryl methyl sites for hydroxylation is 3. The number of benzene rings is 1. The number of H-pyrrole nitrogens is 1. The number of nitrogens with one attached hydrogen (secondary N) is 3. The van der Waals surface area contributed by atoms with Gasteiger partial charge in [-0.3, -0.25) is 4.79 Å². The lowest BCUT2D eigenvalue weighted by molar-refractivity contribution is -0.137. The van der Waals surface area contributed by atoms with Gasteiger partial charge in [0, 0.05) is 29.3 Å². The lowest BCUT2D eigenvalue weighted by Crippen LogP contribution is -2.22. The molecule has 4 rings (SSSR count). The van der Waals surface area contributed by atoms with E-state index in [-0.39, 0.29) is 28.4 Å². The van der Waals surface area contributed by atoms with Crippen LogP contribution >= 0.6 is 0 Å². The highest BCUT2D eigenvalue weighted by Gasteiger charge is 2.31. The van der Waals surface area contributed by atoms with Crippen LogP contribution in [0.5, 0.6) is 5.75 Å². The van der Waals surface area contributed by atoms with Crippen molar-refractivity contribution in [1.82, 2.24) is 24.5 Å². The highest BCUT2D eigenvalue weighted by atomic mass is 19.4. The summed E-state index contributed by atoms with van der Waals surface area (Å²) in [5, 5.41) is 5.06. The monoisotopic (exact) mass is 527 g/mol. The van der Waals surface area contributed by atoms with Crippen molar-refractivity contribution in [2.24, 2.45) is 0 Å². The highest BCUT2D eigenvalue weighted by Crippen LogP contribution is 2.33. The summed E-state index contributed by atoms with van der Waals surface area (Å²) in [7, 11) is 0. The molecule has 38 heavy (non-hydrogen) atoms. The van der Waals surface area contributed by atoms with Crippen LogP contribution in [-0.4, -0.2) is 37.1 Å². The van der Waals surface area contributed by atoms with Gasteiger partial charge in [0.2, 0.25) is 0 Å². The number of nitrogens with zero attached hydrogens (tertiary/aromatic N) is 4. The number of alkyl halides is 3. The first kappa shape index (κ1) is 26.4. The fourth-order valence-electron chi connectivity index (χ4n) is 3.72. The predicted octanol–water partition coefficient (Wildman–Crippen LogP) is 5.00. The lowest BCUT2D eigenvalue weighted by Gasteiger charge is -2.15. The molecule has 0 bridgehead atoms. The number of pyridine rings is 1. The van der Waals surface area contributed by atoms with E-state index in [2.05, 4.69) is 30.6 Å². The molecule has 0 saturated heterocycles. The van der Waals surface area contributed by atoms with E-state index in [4.69, 9.17) is 4.74 Å². The molecule has 0 aliphatic rings. The number of aromatic nitrogens is 5. The van der Waals surface area contributed by atoms with Crippen LogP contribution in [0.3, 0.4) is 0 Å². The average molecular weight is 528 g/mol. The van der Waals surface area contributed by atoms with E-state index in [1.807, 2.05) is 0 Å². The molecule has 13 heteroatoms. The van der Waals surface area contributed by atoms with E-state index in [1.165, 1.54) is 29.2 Å². The summed E-state index contributed by atoms with van der Waals surface area (Å²) in [5.41, 5.74) is 1.03. The van der Waals surface area contributed by atoms with E-state index in [1.54, 1.807) is 33.9 Å². The maximum Gasteiger partial charge on any atom is 0.416 e. The zero-order valence-corrected chi connectivity index (χ0v) is 20.9. The van der Waals surface area contributed by atoms with Crippen LogP contribution in [0.15, 0.2) is 47.8 Å². The van der Waals surface area contributed by atoms with Crippen molar-refractivity contribution in [1.29, 1.82) is 0 Å². The molecule has 0 fully saturated rings. The zero-order valence-electron chi connectivity index (χ0n) is 20.9. The Balaban J connectivity index is 1.59. The molecule has 10 nitrogen and oxygen atoms in total. The molecular formula is C25H24F3N7O3. The average Bonchev–Trinajstić information content (AvgIpc) is 3.28. The van der Waals surface area contributed by atoms with Crippen molar-refractivity contribution >= 4 is 17.4 Å². The molecule has 0 atom stereocenters. The Hall–Kier alpha value is -4.68. The van der Waals surface area contributed by atoms with Crippen LogP contribution in [0.1, 0.15) is 29.6 Å². The number of carbonyl (C=O) groups is 1. The molecule has 198 valence electrons. The smallest absolute Gasteiger partial charge is 0.416 e. The van der Waals surface area contributed by atoms with Gasteiger partial charge in [-0.2, -0.15) is 13.2 Å². The van der Waals surface area contributed by atoms with E-state index in [0.29, 0.717) is 35.1 Å². The lowest BCUT2D eigenvalue weighted by atomic mass is 10.1. The summed E-state index contributed by atoms with van der Waals surface area (Å²) in [5.74, 6) is 0.415. The third kappa shape index (κ3) is 5.82. The molecule has 3 aromatic heterocycles. The minimum absolute atomic E-state index is 0.0665. The largest absolute Gasteiger partial charge is 0.488 e. The van der Waals surface area contributed by atoms with Crippen molar-refractivity contribution in [3.8, 4) is 22.8 Å². The SMILES string of the molecule is CCOc1cc(-c2nc(C)c(NC(=O)Nc3cc(-n4cnc(C)c4)cc(C(F)(F)F)c3)c(C)n2)c[nH]c1=O. The molecule has 2 amide bonds. The van der Waals surface area contributed by atoms with Crippen LogP contribution in [0, 0.1) is 20.8 Å². The minimum Gasteiger partial charge on any atom is -0.488 e. The number of halogens is 3. The Bertz CT molecular complexity index is 1540. The molecule has 0 aliphatic carbocycles. The van der Waals surface area contributed by atoms with Gasteiger partial charge in [0.25, 0.3) is 5.56 Å². The Morgan fingerprint density at radius 2 is 1.79 bits per heavy atom. The molecule has 0 radical (unpaired) electrons. The maximum atomic E-state index is 13.5. The molecule has 0 spiro atoms. The van der Waals surface area contributed by atoms with Gasteiger partial charge in [0.05, 0.1) is 41.3 Å². The number of aromatic amines is 1. The summed E-state index contributed by atoms with van der Waals surface area (Å²) >= 11 is 0. The molecule has 0 unspecified atom stereocenters. The van der Waals surface area contributed by atoms with E-state index in [9.17, 15) is 22.8 Å². The fourth-order valence-corrected chi connectivity index (χ4v) is 3.72. The van der Waals surface area contributed by atoms with Crippen LogP contribution in [-0.2, 0) is 6.18 Å². The number of urea groups is 1. The van der Waals surface area contributed by atoms with Gasteiger partial charge >= 0.3 is 12.2 Å².